The molecule has 3 aromatic heterocycles. The third-order valence-corrected chi connectivity index (χ3v) is 3.66. The molecule has 1 N–H and O–H groups in total. The lowest BCUT2D eigenvalue weighted by Gasteiger charge is -2.07. The Morgan fingerprint density at radius 1 is 1.29 bits per heavy atom. The molecule has 0 aliphatic rings. The highest BCUT2D eigenvalue weighted by Crippen LogP contribution is 2.20. The molecule has 0 aliphatic heterocycles. The van der Waals surface area contributed by atoms with Gasteiger partial charge in [-0.15, -0.1) is 5.10 Å². The van der Waals surface area contributed by atoms with Crippen molar-refractivity contribution in [3.05, 3.63) is 53.4 Å². The number of fused-ring (bicyclic) bond motifs is 3. The van der Waals surface area contributed by atoms with Gasteiger partial charge < -0.3 is 5.32 Å². The molecular weight excluding hydrogens is 330 g/mol. The average Bonchev–Trinajstić information content (AvgIpc) is 3.05. The number of hydrogen-bond acceptors (Lipinski definition) is 6. The number of anilines is 1. The average molecular weight is 340 g/mol. The lowest BCUT2D eigenvalue weighted by molar-refractivity contribution is -0.115. The number of nitrogens with zero attached hydrogens (tertiary/aromatic N) is 6. The topological polar surface area (TPSA) is 98.0 Å². The summed E-state index contributed by atoms with van der Waals surface area (Å²) in [6.07, 6.45) is 3.23. The number of pyridine rings is 1. The molecule has 0 spiro atoms. The Kier molecular flexibility index (Phi) is 3.51. The van der Waals surface area contributed by atoms with Gasteiger partial charge in [0.1, 0.15) is 0 Å². The minimum atomic E-state index is -0.234. The molecule has 0 unspecified atom stereocenters. The maximum absolute atomic E-state index is 12.3. The van der Waals surface area contributed by atoms with Gasteiger partial charge in [0.2, 0.25) is 11.6 Å². The fourth-order valence-corrected chi connectivity index (χ4v) is 2.57. The highest BCUT2D eigenvalue weighted by Gasteiger charge is 2.15. The number of halogens is 1. The second kappa shape index (κ2) is 5.82. The third kappa shape index (κ3) is 2.63. The van der Waals surface area contributed by atoms with Gasteiger partial charge in [-0.3, -0.25) is 9.78 Å². The van der Waals surface area contributed by atoms with Crippen molar-refractivity contribution in [3.8, 4) is 0 Å². The van der Waals surface area contributed by atoms with Crippen LogP contribution in [0.3, 0.4) is 0 Å². The van der Waals surface area contributed by atoms with Crippen molar-refractivity contribution >= 4 is 39.9 Å². The molecule has 0 saturated carbocycles. The molecule has 0 atom stereocenters. The van der Waals surface area contributed by atoms with Crippen LogP contribution in [0.15, 0.2) is 42.7 Å². The highest BCUT2D eigenvalue weighted by molar-refractivity contribution is 6.31. The lowest BCUT2D eigenvalue weighted by atomic mass is 10.2. The molecular formula is C15H10ClN7O. The monoisotopic (exact) mass is 339 g/mol. The Labute approximate surface area is 140 Å². The summed E-state index contributed by atoms with van der Waals surface area (Å²) in [6, 6.07) is 8.73. The number of rotatable bonds is 3. The number of carbonyl (C=O) groups excluding carboxylic acids is 1. The second-order valence-electron chi connectivity index (χ2n) is 5.07. The Bertz CT molecular complexity index is 1050. The van der Waals surface area contributed by atoms with E-state index in [1.54, 1.807) is 47.2 Å². The predicted molar refractivity (Wildman–Crippen MR) is 87.7 cm³/mol. The largest absolute Gasteiger partial charge is 0.324 e. The van der Waals surface area contributed by atoms with Crippen molar-refractivity contribution in [2.24, 2.45) is 0 Å². The molecule has 1 aromatic carbocycles. The van der Waals surface area contributed by atoms with E-state index in [0.717, 1.165) is 5.52 Å². The predicted octanol–water partition coefficient (Wildman–Crippen LogP) is 1.90. The first kappa shape index (κ1) is 14.5. The zero-order chi connectivity index (χ0) is 16.5. The van der Waals surface area contributed by atoms with Gasteiger partial charge in [-0.1, -0.05) is 11.6 Å². The molecule has 0 bridgehead atoms. The molecule has 8 nitrogen and oxygen atoms in total. The normalized spacial score (nSPS) is 11.0. The first-order valence-electron chi connectivity index (χ1n) is 7.07. The van der Waals surface area contributed by atoms with E-state index in [1.165, 1.54) is 0 Å². The Balaban J connectivity index is 1.72. The summed E-state index contributed by atoms with van der Waals surface area (Å²) in [6.45, 7) is 0. The van der Waals surface area contributed by atoms with Crippen molar-refractivity contribution in [1.82, 2.24) is 30.0 Å². The third-order valence-electron chi connectivity index (χ3n) is 3.42. The molecule has 9 heteroatoms. The summed E-state index contributed by atoms with van der Waals surface area (Å²) in [5.74, 6) is -0.234. The Morgan fingerprint density at radius 3 is 3.04 bits per heavy atom. The van der Waals surface area contributed by atoms with E-state index in [9.17, 15) is 4.79 Å². The van der Waals surface area contributed by atoms with Gasteiger partial charge in [0.15, 0.2) is 0 Å². The molecule has 3 heterocycles. The van der Waals surface area contributed by atoms with Crippen molar-refractivity contribution in [3.63, 3.8) is 0 Å². The van der Waals surface area contributed by atoms with Gasteiger partial charge in [-0.2, -0.15) is 4.52 Å². The lowest BCUT2D eigenvalue weighted by Crippen LogP contribution is -2.16. The van der Waals surface area contributed by atoms with Crippen LogP contribution >= 0.6 is 11.6 Å². The molecule has 118 valence electrons. The molecule has 4 rings (SSSR count). The SMILES string of the molecule is O=C(Cc1nc2cc(Cl)ccc2n2nnnc12)Nc1cccnc1. The van der Waals surface area contributed by atoms with Gasteiger partial charge in [0.25, 0.3) is 0 Å². The van der Waals surface area contributed by atoms with E-state index in [1.807, 2.05) is 0 Å². The van der Waals surface area contributed by atoms with Crippen molar-refractivity contribution in [1.29, 1.82) is 0 Å². The second-order valence-corrected chi connectivity index (χ2v) is 5.51. The Hall–Kier alpha value is -3.13. The number of benzene rings is 1. The van der Waals surface area contributed by atoms with Crippen molar-refractivity contribution in [2.45, 2.75) is 6.42 Å². The minimum Gasteiger partial charge on any atom is -0.324 e. The maximum Gasteiger partial charge on any atom is 0.230 e. The molecule has 0 radical (unpaired) electrons. The zero-order valence-corrected chi connectivity index (χ0v) is 13.0. The van der Waals surface area contributed by atoms with Crippen LogP contribution in [0.1, 0.15) is 5.69 Å². The summed E-state index contributed by atoms with van der Waals surface area (Å²) in [7, 11) is 0. The molecule has 0 aliphatic carbocycles. The van der Waals surface area contributed by atoms with Gasteiger partial charge >= 0.3 is 0 Å². The van der Waals surface area contributed by atoms with E-state index in [4.69, 9.17) is 11.6 Å². The minimum absolute atomic E-state index is 0.0290. The molecule has 0 fully saturated rings. The van der Waals surface area contributed by atoms with E-state index in [-0.39, 0.29) is 12.3 Å². The molecule has 0 saturated heterocycles. The molecule has 24 heavy (non-hydrogen) atoms. The number of hydrogen-bond donors (Lipinski definition) is 1. The fraction of sp³-hybridized carbons (Fsp3) is 0.0667. The molecule has 4 aromatic rings. The summed E-state index contributed by atoms with van der Waals surface area (Å²) in [4.78, 5) is 20.7. The van der Waals surface area contributed by atoms with Gasteiger partial charge in [-0.25, -0.2) is 4.98 Å². The van der Waals surface area contributed by atoms with Crippen LogP contribution in [0.4, 0.5) is 5.69 Å². The molecule has 1 amide bonds. The van der Waals surface area contributed by atoms with Crippen molar-refractivity contribution < 1.29 is 4.79 Å². The van der Waals surface area contributed by atoms with Crippen LogP contribution in [0.25, 0.3) is 16.7 Å². The number of tetrazole rings is 1. The fourth-order valence-electron chi connectivity index (χ4n) is 2.40. The zero-order valence-electron chi connectivity index (χ0n) is 12.2. The van der Waals surface area contributed by atoms with Crippen LogP contribution in [0, 0.1) is 0 Å². The number of aromatic nitrogens is 6. The number of carbonyl (C=O) groups is 1. The summed E-state index contributed by atoms with van der Waals surface area (Å²) in [5, 5.41) is 14.9. The first-order valence-corrected chi connectivity index (χ1v) is 7.44. The standard InChI is InChI=1S/C15H10ClN7O/c16-9-3-4-13-11(6-9)19-12(15-20-21-22-23(13)15)7-14(24)18-10-2-1-5-17-8-10/h1-6,8H,7H2,(H,18,24). The van der Waals surface area contributed by atoms with E-state index in [2.05, 4.69) is 30.8 Å². The van der Waals surface area contributed by atoms with E-state index >= 15 is 0 Å². The summed E-state index contributed by atoms with van der Waals surface area (Å²) >= 11 is 6.02. The van der Waals surface area contributed by atoms with Gasteiger partial charge in [0, 0.05) is 11.2 Å². The Morgan fingerprint density at radius 2 is 2.21 bits per heavy atom. The van der Waals surface area contributed by atoms with Crippen LogP contribution in [0.5, 0.6) is 0 Å². The van der Waals surface area contributed by atoms with Crippen molar-refractivity contribution in [2.75, 3.05) is 5.32 Å². The number of amides is 1. The summed E-state index contributed by atoms with van der Waals surface area (Å²) < 4.78 is 1.55. The number of nitrogens with one attached hydrogen (secondary N) is 1. The first-order chi connectivity index (χ1) is 11.7. The van der Waals surface area contributed by atoms with Gasteiger partial charge in [-0.05, 0) is 40.8 Å². The quantitative estimate of drug-likeness (QED) is 0.612. The summed E-state index contributed by atoms with van der Waals surface area (Å²) in [5.41, 5.74) is 2.85. The van der Waals surface area contributed by atoms with E-state index < -0.39 is 0 Å². The van der Waals surface area contributed by atoms with E-state index in [0.29, 0.717) is 27.6 Å². The van der Waals surface area contributed by atoms with Crippen LogP contribution < -0.4 is 5.32 Å². The van der Waals surface area contributed by atoms with Gasteiger partial charge in [0.05, 0.1) is 35.0 Å². The maximum atomic E-state index is 12.3. The smallest absolute Gasteiger partial charge is 0.230 e. The van der Waals surface area contributed by atoms with Crippen LogP contribution in [0.2, 0.25) is 5.02 Å². The van der Waals surface area contributed by atoms with Crippen LogP contribution in [-0.2, 0) is 11.2 Å². The highest BCUT2D eigenvalue weighted by atomic mass is 35.5. The van der Waals surface area contributed by atoms with Crippen LogP contribution in [-0.4, -0.2) is 35.9 Å².